The van der Waals surface area contributed by atoms with E-state index in [0.717, 1.165) is 5.56 Å². The molecule has 0 aliphatic carbocycles. The molecule has 0 spiro atoms. The summed E-state index contributed by atoms with van der Waals surface area (Å²) in [7, 11) is 1.56. The van der Waals surface area contributed by atoms with E-state index in [1.54, 1.807) is 31.4 Å². The van der Waals surface area contributed by atoms with Crippen molar-refractivity contribution in [1.29, 1.82) is 0 Å². The molecule has 5 heteroatoms. The third kappa shape index (κ3) is 4.44. The highest BCUT2D eigenvalue weighted by Gasteiger charge is 2.15. The molecule has 2 aromatic carbocycles. The minimum absolute atomic E-state index is 0.316. The molecule has 0 unspecified atom stereocenters. The van der Waals surface area contributed by atoms with Gasteiger partial charge < -0.3 is 15.2 Å². The van der Waals surface area contributed by atoms with Gasteiger partial charge in [0, 0.05) is 5.56 Å². The molecule has 0 radical (unpaired) electrons. The molecule has 1 amide bonds. The number of carbonyl (C=O) groups is 2. The third-order valence-corrected chi connectivity index (χ3v) is 3.09. The van der Waals surface area contributed by atoms with Gasteiger partial charge in [-0.3, -0.25) is 4.79 Å². The van der Waals surface area contributed by atoms with E-state index in [1.165, 1.54) is 0 Å². The average Bonchev–Trinajstić information content (AvgIpc) is 2.58. The fraction of sp³-hybridized carbons (Fsp3) is 0.111. The van der Waals surface area contributed by atoms with Crippen molar-refractivity contribution in [3.05, 3.63) is 65.7 Å². The van der Waals surface area contributed by atoms with Crippen molar-refractivity contribution in [2.45, 2.75) is 0 Å². The van der Waals surface area contributed by atoms with Crippen molar-refractivity contribution in [2.24, 2.45) is 5.73 Å². The first-order valence-corrected chi connectivity index (χ1v) is 6.97. The number of amides is 1. The summed E-state index contributed by atoms with van der Waals surface area (Å²) in [4.78, 5) is 23.1. The van der Waals surface area contributed by atoms with E-state index in [0.29, 0.717) is 16.9 Å². The largest absolute Gasteiger partial charge is 0.496 e. The summed E-state index contributed by atoms with van der Waals surface area (Å²) in [5.74, 6) is -0.701. The number of benzene rings is 2. The van der Waals surface area contributed by atoms with Crippen LogP contribution in [0.1, 0.15) is 11.1 Å². The van der Waals surface area contributed by atoms with Crippen LogP contribution in [-0.4, -0.2) is 25.6 Å². The van der Waals surface area contributed by atoms with Crippen LogP contribution in [-0.2, 0) is 14.3 Å². The standard InChI is InChI=1S/C18H17NO4/c1-22-16-10-6-5-9-14(16)11-15(13-7-3-2-4-8-13)18(21)23-12-17(19)20/h2-11H,12H2,1H3,(H2,19,20)/b15-11+. The van der Waals surface area contributed by atoms with E-state index in [9.17, 15) is 9.59 Å². The Morgan fingerprint density at radius 2 is 1.70 bits per heavy atom. The highest BCUT2D eigenvalue weighted by Crippen LogP contribution is 2.25. The first-order chi connectivity index (χ1) is 11.1. The third-order valence-electron chi connectivity index (χ3n) is 3.09. The highest BCUT2D eigenvalue weighted by molar-refractivity contribution is 6.22. The topological polar surface area (TPSA) is 78.6 Å². The van der Waals surface area contributed by atoms with Gasteiger partial charge in [-0.25, -0.2) is 4.79 Å². The number of ether oxygens (including phenoxy) is 2. The molecule has 0 aliphatic rings. The van der Waals surface area contributed by atoms with Crippen LogP contribution in [0.25, 0.3) is 11.6 Å². The molecule has 0 bridgehead atoms. The van der Waals surface area contributed by atoms with E-state index in [1.807, 2.05) is 36.4 Å². The number of carbonyl (C=O) groups excluding carboxylic acids is 2. The van der Waals surface area contributed by atoms with Crippen molar-refractivity contribution in [3.63, 3.8) is 0 Å². The maximum atomic E-state index is 12.3. The molecule has 0 heterocycles. The van der Waals surface area contributed by atoms with Gasteiger partial charge in [-0.2, -0.15) is 0 Å². The van der Waals surface area contributed by atoms with E-state index < -0.39 is 18.5 Å². The fourth-order valence-electron chi connectivity index (χ4n) is 2.03. The molecule has 0 fully saturated rings. The number of primary amides is 1. The van der Waals surface area contributed by atoms with Gasteiger partial charge in [0.2, 0.25) is 0 Å². The summed E-state index contributed by atoms with van der Waals surface area (Å²) in [6, 6.07) is 16.3. The lowest BCUT2D eigenvalue weighted by Crippen LogP contribution is -2.21. The van der Waals surface area contributed by atoms with Gasteiger partial charge in [-0.15, -0.1) is 0 Å². The maximum Gasteiger partial charge on any atom is 0.339 e. The van der Waals surface area contributed by atoms with Crippen molar-refractivity contribution in [1.82, 2.24) is 0 Å². The monoisotopic (exact) mass is 311 g/mol. The molecule has 0 atom stereocenters. The number of nitrogens with two attached hydrogens (primary N) is 1. The van der Waals surface area contributed by atoms with Gasteiger partial charge in [0.05, 0.1) is 12.7 Å². The number of esters is 1. The summed E-state index contributed by atoms with van der Waals surface area (Å²) >= 11 is 0. The molecule has 2 rings (SSSR count). The van der Waals surface area contributed by atoms with Crippen LogP contribution in [0.15, 0.2) is 54.6 Å². The van der Waals surface area contributed by atoms with Crippen LogP contribution >= 0.6 is 0 Å². The van der Waals surface area contributed by atoms with Crippen LogP contribution in [0.2, 0.25) is 0 Å². The van der Waals surface area contributed by atoms with Gasteiger partial charge in [0.25, 0.3) is 5.91 Å². The first-order valence-electron chi connectivity index (χ1n) is 6.97. The van der Waals surface area contributed by atoms with E-state index >= 15 is 0 Å². The molecular weight excluding hydrogens is 294 g/mol. The quantitative estimate of drug-likeness (QED) is 0.504. The Morgan fingerprint density at radius 3 is 2.35 bits per heavy atom. The van der Waals surface area contributed by atoms with Crippen LogP contribution in [0.3, 0.4) is 0 Å². The Hall–Kier alpha value is -3.08. The molecule has 118 valence electrons. The molecular formula is C18H17NO4. The smallest absolute Gasteiger partial charge is 0.339 e. The van der Waals surface area contributed by atoms with Crippen molar-refractivity contribution >= 4 is 23.5 Å². The molecule has 5 nitrogen and oxygen atoms in total. The van der Waals surface area contributed by atoms with Gasteiger partial charge >= 0.3 is 5.97 Å². The van der Waals surface area contributed by atoms with Gasteiger partial charge in [-0.1, -0.05) is 48.5 Å². The van der Waals surface area contributed by atoms with Gasteiger partial charge in [0.15, 0.2) is 6.61 Å². The Kier molecular flexibility index (Phi) is 5.52. The summed E-state index contributed by atoms with van der Waals surface area (Å²) in [5.41, 5.74) is 6.74. The Labute approximate surface area is 134 Å². The zero-order chi connectivity index (χ0) is 16.7. The lowest BCUT2D eigenvalue weighted by molar-refractivity contribution is -0.141. The van der Waals surface area contributed by atoms with Crippen molar-refractivity contribution in [2.75, 3.05) is 13.7 Å². The molecule has 0 aromatic heterocycles. The summed E-state index contributed by atoms with van der Waals surface area (Å²) < 4.78 is 10.2. The van der Waals surface area contributed by atoms with E-state index in [-0.39, 0.29) is 0 Å². The Balaban J connectivity index is 2.43. The van der Waals surface area contributed by atoms with Crippen LogP contribution in [0.5, 0.6) is 5.75 Å². The molecule has 0 aliphatic heterocycles. The lowest BCUT2D eigenvalue weighted by atomic mass is 10.0. The normalized spacial score (nSPS) is 10.9. The second-order valence-electron chi connectivity index (χ2n) is 4.71. The Morgan fingerprint density at radius 1 is 1.04 bits per heavy atom. The summed E-state index contributed by atoms with van der Waals surface area (Å²) in [6.07, 6.45) is 1.66. The first kappa shape index (κ1) is 16.3. The van der Waals surface area contributed by atoms with Crippen molar-refractivity contribution in [3.8, 4) is 5.75 Å². The molecule has 0 saturated carbocycles. The number of rotatable bonds is 6. The molecule has 2 N–H and O–H groups in total. The molecule has 2 aromatic rings. The minimum atomic E-state index is -0.706. The SMILES string of the molecule is COc1ccccc1/C=C(/C(=O)OCC(N)=O)c1ccccc1. The number of hydrogen-bond acceptors (Lipinski definition) is 4. The maximum absolute atomic E-state index is 12.3. The predicted octanol–water partition coefficient (Wildman–Crippen LogP) is 2.26. The second-order valence-corrected chi connectivity index (χ2v) is 4.71. The van der Waals surface area contributed by atoms with Gasteiger partial charge in [-0.05, 0) is 17.7 Å². The average molecular weight is 311 g/mol. The molecule has 0 saturated heterocycles. The van der Waals surface area contributed by atoms with Gasteiger partial charge in [0.1, 0.15) is 5.75 Å². The van der Waals surface area contributed by atoms with Crippen LogP contribution < -0.4 is 10.5 Å². The zero-order valence-electron chi connectivity index (χ0n) is 12.7. The fourth-order valence-corrected chi connectivity index (χ4v) is 2.03. The second kappa shape index (κ2) is 7.79. The number of hydrogen-bond donors (Lipinski definition) is 1. The van der Waals surface area contributed by atoms with Crippen LogP contribution in [0, 0.1) is 0 Å². The van der Waals surface area contributed by atoms with E-state index in [2.05, 4.69) is 0 Å². The highest BCUT2D eigenvalue weighted by atomic mass is 16.5. The minimum Gasteiger partial charge on any atom is -0.496 e. The Bertz CT molecular complexity index is 723. The molecule has 23 heavy (non-hydrogen) atoms. The predicted molar refractivity (Wildman–Crippen MR) is 87.5 cm³/mol. The van der Waals surface area contributed by atoms with Crippen molar-refractivity contribution < 1.29 is 19.1 Å². The zero-order valence-corrected chi connectivity index (χ0v) is 12.7. The van der Waals surface area contributed by atoms with E-state index in [4.69, 9.17) is 15.2 Å². The number of para-hydroxylation sites is 1. The number of methoxy groups -OCH3 is 1. The lowest BCUT2D eigenvalue weighted by Gasteiger charge is -2.09. The summed E-state index contributed by atoms with van der Waals surface area (Å²) in [6.45, 7) is -0.463. The van der Waals surface area contributed by atoms with Crippen LogP contribution in [0.4, 0.5) is 0 Å². The summed E-state index contributed by atoms with van der Waals surface area (Å²) in [5, 5.41) is 0.